The first-order chi connectivity index (χ1) is 15.2. The highest BCUT2D eigenvalue weighted by molar-refractivity contribution is 5.76. The Morgan fingerprint density at radius 3 is 2.94 bits per heavy atom. The molecule has 2 aromatic rings. The van der Waals surface area contributed by atoms with Crippen LogP contribution >= 0.6 is 0 Å². The van der Waals surface area contributed by atoms with Crippen molar-refractivity contribution < 1.29 is 4.79 Å². The fourth-order valence-electron chi connectivity index (χ4n) is 4.48. The highest BCUT2D eigenvalue weighted by Gasteiger charge is 2.28. The molecule has 1 saturated carbocycles. The minimum absolute atomic E-state index is 0.117. The van der Waals surface area contributed by atoms with Gasteiger partial charge in [0.25, 0.3) is 0 Å². The molecule has 2 atom stereocenters. The van der Waals surface area contributed by atoms with Crippen LogP contribution in [-0.2, 0) is 11.3 Å². The molecule has 4 bridgehead atoms. The van der Waals surface area contributed by atoms with Crippen molar-refractivity contribution in [2.24, 2.45) is 0 Å². The number of nitrogens with one attached hydrogen (secondary N) is 3. The number of aromatic nitrogens is 3. The molecule has 1 aliphatic carbocycles. The largest absolute Gasteiger partial charge is 0.356 e. The summed E-state index contributed by atoms with van der Waals surface area (Å²) in [4.78, 5) is 28.0. The second-order valence-corrected chi connectivity index (χ2v) is 8.64. The highest BCUT2D eigenvalue weighted by atomic mass is 16.1. The quantitative estimate of drug-likeness (QED) is 0.599. The van der Waals surface area contributed by atoms with Gasteiger partial charge in [0.2, 0.25) is 11.9 Å². The van der Waals surface area contributed by atoms with Gasteiger partial charge in [-0.05, 0) is 50.6 Å². The number of anilines is 2. The van der Waals surface area contributed by atoms with E-state index in [1.54, 1.807) is 6.33 Å². The first kappa shape index (κ1) is 21.6. The second-order valence-electron chi connectivity index (χ2n) is 8.64. The lowest BCUT2D eigenvalue weighted by Crippen LogP contribution is -2.39. The fourth-order valence-corrected chi connectivity index (χ4v) is 4.48. The number of hydrogen-bond donors (Lipinski definition) is 3. The van der Waals surface area contributed by atoms with E-state index in [1.807, 2.05) is 19.2 Å². The molecule has 8 heteroatoms. The fraction of sp³-hybridized carbons (Fsp3) is 0.565. The number of hydrogen-bond acceptors (Lipinski definition) is 7. The summed E-state index contributed by atoms with van der Waals surface area (Å²) in [7, 11) is 2.04. The molecule has 1 aliphatic heterocycles. The zero-order chi connectivity index (χ0) is 21.5. The van der Waals surface area contributed by atoms with Crippen LogP contribution < -0.4 is 16.0 Å². The third-order valence-corrected chi connectivity index (χ3v) is 6.13. The van der Waals surface area contributed by atoms with Crippen LogP contribution in [0.4, 0.5) is 11.6 Å². The molecule has 1 aromatic carbocycles. The lowest BCUT2D eigenvalue weighted by Gasteiger charge is -2.31. The Morgan fingerprint density at radius 1 is 1.10 bits per heavy atom. The van der Waals surface area contributed by atoms with E-state index < -0.39 is 0 Å². The van der Waals surface area contributed by atoms with Crippen LogP contribution in [0.25, 0.3) is 0 Å². The number of amides is 1. The molecule has 2 heterocycles. The van der Waals surface area contributed by atoms with E-state index in [0.717, 1.165) is 50.4 Å². The predicted molar refractivity (Wildman–Crippen MR) is 121 cm³/mol. The SMILES string of the molecule is CN1CCC(=O)NCCCNC2CCCCC2c2ncnc(n2)Nc2cccc(c2)C1. The van der Waals surface area contributed by atoms with Crippen LogP contribution in [0.5, 0.6) is 0 Å². The van der Waals surface area contributed by atoms with Gasteiger partial charge in [-0.25, -0.2) is 9.97 Å². The van der Waals surface area contributed by atoms with Crippen LogP contribution in [0.3, 0.4) is 0 Å². The molecule has 1 amide bonds. The standard InChI is InChI=1S/C23H33N7O/c1-30-13-10-21(31)25-12-5-11-24-20-9-3-2-8-19(20)22-26-16-27-23(29-22)28-18-7-4-6-17(14-18)15-30/h4,6-7,14,16,19-20,24H,2-3,5,8-13,15H2,1H3,(H,25,31)(H,26,27,28,29). The van der Waals surface area contributed by atoms with Gasteiger partial charge in [0.1, 0.15) is 12.2 Å². The van der Waals surface area contributed by atoms with Crippen LogP contribution in [0.1, 0.15) is 55.8 Å². The lowest BCUT2D eigenvalue weighted by atomic mass is 9.84. The van der Waals surface area contributed by atoms with Gasteiger partial charge in [0.15, 0.2) is 0 Å². The van der Waals surface area contributed by atoms with E-state index in [-0.39, 0.29) is 11.8 Å². The highest BCUT2D eigenvalue weighted by Crippen LogP contribution is 2.31. The van der Waals surface area contributed by atoms with Gasteiger partial charge < -0.3 is 20.9 Å². The molecule has 8 nitrogen and oxygen atoms in total. The number of nitrogens with zero attached hydrogens (tertiary/aromatic N) is 4. The van der Waals surface area contributed by atoms with Gasteiger partial charge in [-0.3, -0.25) is 4.79 Å². The van der Waals surface area contributed by atoms with Crippen molar-refractivity contribution in [2.45, 2.75) is 57.0 Å². The number of rotatable bonds is 0. The molecule has 1 fully saturated rings. The Labute approximate surface area is 184 Å². The minimum atomic E-state index is 0.117. The van der Waals surface area contributed by atoms with Gasteiger partial charge in [0, 0.05) is 43.7 Å². The first-order valence-electron chi connectivity index (χ1n) is 11.4. The van der Waals surface area contributed by atoms with Crippen molar-refractivity contribution in [3.63, 3.8) is 0 Å². The topological polar surface area (TPSA) is 95.1 Å². The maximum Gasteiger partial charge on any atom is 0.230 e. The molecular formula is C23H33N7O. The van der Waals surface area contributed by atoms with Crippen molar-refractivity contribution in [3.05, 3.63) is 42.0 Å². The average Bonchev–Trinajstić information content (AvgIpc) is 2.78. The van der Waals surface area contributed by atoms with Crippen LogP contribution in [0.2, 0.25) is 0 Å². The summed E-state index contributed by atoms with van der Waals surface area (Å²) in [6, 6.07) is 8.62. The monoisotopic (exact) mass is 423 g/mol. The van der Waals surface area contributed by atoms with Crippen molar-refractivity contribution in [3.8, 4) is 0 Å². The number of carbonyl (C=O) groups excluding carboxylic acids is 1. The Bertz CT molecular complexity index is 875. The van der Waals surface area contributed by atoms with Crippen molar-refractivity contribution in [2.75, 3.05) is 32.0 Å². The molecule has 31 heavy (non-hydrogen) atoms. The normalized spacial score (nSPS) is 24.0. The molecule has 2 unspecified atom stereocenters. The zero-order valence-corrected chi connectivity index (χ0v) is 18.3. The summed E-state index contributed by atoms with van der Waals surface area (Å²) in [5, 5.41) is 10.1. The summed E-state index contributed by atoms with van der Waals surface area (Å²) in [5.74, 6) is 1.85. The zero-order valence-electron chi connectivity index (χ0n) is 18.3. The van der Waals surface area contributed by atoms with E-state index in [4.69, 9.17) is 4.98 Å². The summed E-state index contributed by atoms with van der Waals surface area (Å²) in [6.45, 7) is 3.08. The summed E-state index contributed by atoms with van der Waals surface area (Å²) in [6.07, 6.45) is 7.67. The van der Waals surface area contributed by atoms with Gasteiger partial charge in [-0.15, -0.1) is 0 Å². The van der Waals surface area contributed by atoms with Gasteiger partial charge in [0.05, 0.1) is 0 Å². The van der Waals surface area contributed by atoms with E-state index in [1.165, 1.54) is 18.4 Å². The molecule has 166 valence electrons. The van der Waals surface area contributed by atoms with Crippen LogP contribution in [-0.4, -0.2) is 58.5 Å². The van der Waals surface area contributed by atoms with Crippen molar-refractivity contribution >= 4 is 17.5 Å². The molecule has 0 spiro atoms. The predicted octanol–water partition coefficient (Wildman–Crippen LogP) is 2.57. The van der Waals surface area contributed by atoms with E-state index in [9.17, 15) is 4.79 Å². The maximum atomic E-state index is 12.2. The molecule has 1 aromatic heterocycles. The second kappa shape index (κ2) is 10.6. The van der Waals surface area contributed by atoms with Crippen molar-refractivity contribution in [1.82, 2.24) is 30.5 Å². The van der Waals surface area contributed by atoms with Gasteiger partial charge in [-0.2, -0.15) is 4.98 Å². The van der Waals surface area contributed by atoms with Crippen LogP contribution in [0.15, 0.2) is 30.6 Å². The Kier molecular flexibility index (Phi) is 7.43. The Morgan fingerprint density at radius 2 is 2.00 bits per heavy atom. The van der Waals surface area contributed by atoms with Crippen molar-refractivity contribution in [1.29, 1.82) is 0 Å². The van der Waals surface area contributed by atoms with Crippen LogP contribution in [0, 0.1) is 0 Å². The summed E-state index contributed by atoms with van der Waals surface area (Å²) < 4.78 is 0. The molecular weight excluding hydrogens is 390 g/mol. The Hall–Kier alpha value is -2.58. The molecule has 0 saturated heterocycles. The molecule has 0 radical (unpaired) electrons. The van der Waals surface area contributed by atoms with Gasteiger partial charge >= 0.3 is 0 Å². The third kappa shape index (κ3) is 6.21. The molecule has 2 aliphatic rings. The maximum absolute atomic E-state index is 12.2. The van der Waals surface area contributed by atoms with E-state index in [2.05, 4.69) is 43.0 Å². The average molecular weight is 424 g/mol. The van der Waals surface area contributed by atoms with E-state index >= 15 is 0 Å². The van der Waals surface area contributed by atoms with Gasteiger partial charge in [-0.1, -0.05) is 25.0 Å². The van der Waals surface area contributed by atoms with E-state index in [0.29, 0.717) is 25.0 Å². The molecule has 3 N–H and O–H groups in total. The summed E-state index contributed by atoms with van der Waals surface area (Å²) >= 11 is 0. The summed E-state index contributed by atoms with van der Waals surface area (Å²) in [5.41, 5.74) is 2.13. The number of carbonyl (C=O) groups is 1. The Balaban J connectivity index is 1.56. The number of benzene rings is 1. The smallest absolute Gasteiger partial charge is 0.230 e. The minimum Gasteiger partial charge on any atom is -0.356 e. The third-order valence-electron chi connectivity index (χ3n) is 6.13. The number of fused-ring (bicyclic) bond motifs is 6. The molecule has 4 rings (SSSR count). The lowest BCUT2D eigenvalue weighted by molar-refractivity contribution is -0.121. The first-order valence-corrected chi connectivity index (χ1v) is 11.4.